The van der Waals surface area contributed by atoms with E-state index in [1.165, 1.54) is 6.07 Å². The summed E-state index contributed by atoms with van der Waals surface area (Å²) in [7, 11) is 0. The zero-order valence-corrected chi connectivity index (χ0v) is 14.4. The first-order chi connectivity index (χ1) is 11.4. The van der Waals surface area contributed by atoms with Crippen LogP contribution in [0.1, 0.15) is 11.1 Å². The third kappa shape index (κ3) is 4.77. The highest BCUT2D eigenvalue weighted by atomic mass is 79.9. The number of aromatic hydroxyl groups is 1. The van der Waals surface area contributed by atoms with E-state index in [9.17, 15) is 20.0 Å². The summed E-state index contributed by atoms with van der Waals surface area (Å²) in [6.07, 6.45) is 1.21. The predicted octanol–water partition coefficient (Wildman–Crippen LogP) is 3.41. The number of phenolic OH excluding ortho intramolecular Hbond substituents is 1. The lowest BCUT2D eigenvalue weighted by molar-refractivity contribution is -0.385. The summed E-state index contributed by atoms with van der Waals surface area (Å²) in [4.78, 5) is 21.8. The van der Waals surface area contributed by atoms with Crippen LogP contribution >= 0.6 is 27.5 Å². The maximum Gasteiger partial charge on any atom is 0.312 e. The molecule has 24 heavy (non-hydrogen) atoms. The van der Waals surface area contributed by atoms with E-state index in [4.69, 9.17) is 11.6 Å². The van der Waals surface area contributed by atoms with Crippen LogP contribution in [0.3, 0.4) is 0 Å². The van der Waals surface area contributed by atoms with Crippen LogP contribution in [0.2, 0.25) is 5.02 Å². The van der Waals surface area contributed by atoms with Crippen molar-refractivity contribution in [3.63, 3.8) is 0 Å². The van der Waals surface area contributed by atoms with Gasteiger partial charge in [-0.3, -0.25) is 14.9 Å². The van der Waals surface area contributed by atoms with Gasteiger partial charge in [0, 0.05) is 21.1 Å². The summed E-state index contributed by atoms with van der Waals surface area (Å²) >= 11 is 9.06. The molecule has 0 saturated carbocycles. The number of hydrogen-bond donors (Lipinski definition) is 2. The molecule has 0 bridgehead atoms. The minimum absolute atomic E-state index is 0.0261. The van der Waals surface area contributed by atoms with Gasteiger partial charge in [0.05, 0.1) is 17.6 Å². The van der Waals surface area contributed by atoms with E-state index in [-0.39, 0.29) is 22.9 Å². The summed E-state index contributed by atoms with van der Waals surface area (Å²) in [5.41, 5.74) is 2.57. The maximum atomic E-state index is 11.8. The molecule has 0 atom stereocenters. The second kappa shape index (κ2) is 7.89. The van der Waals surface area contributed by atoms with E-state index in [0.717, 1.165) is 22.3 Å². The molecule has 2 N–H and O–H groups in total. The van der Waals surface area contributed by atoms with Crippen molar-refractivity contribution < 1.29 is 14.8 Å². The topological polar surface area (TPSA) is 105 Å². The molecule has 0 heterocycles. The first-order valence-corrected chi connectivity index (χ1v) is 7.77. The largest absolute Gasteiger partial charge is 0.502 e. The third-order valence-electron chi connectivity index (χ3n) is 2.95. The number of hydrazone groups is 1. The number of halogens is 2. The summed E-state index contributed by atoms with van der Waals surface area (Å²) in [5.74, 6) is -0.945. The number of nitrogens with one attached hydrogen (secondary N) is 1. The van der Waals surface area contributed by atoms with Gasteiger partial charge in [0.15, 0.2) is 0 Å². The molecule has 0 spiro atoms. The maximum absolute atomic E-state index is 11.8. The van der Waals surface area contributed by atoms with Crippen molar-refractivity contribution in [1.29, 1.82) is 0 Å². The highest BCUT2D eigenvalue weighted by Crippen LogP contribution is 2.32. The van der Waals surface area contributed by atoms with Crippen LogP contribution in [-0.4, -0.2) is 22.2 Å². The van der Waals surface area contributed by atoms with Crippen LogP contribution in [0, 0.1) is 10.1 Å². The number of nitrogens with zero attached hydrogens (tertiary/aromatic N) is 2. The number of hydrogen-bond acceptors (Lipinski definition) is 5. The molecule has 0 radical (unpaired) electrons. The van der Waals surface area contributed by atoms with Gasteiger partial charge >= 0.3 is 5.69 Å². The SMILES string of the molecule is O=C(Cc1ccc(Br)cc1)NN=Cc1cc(Cl)cc([N+](=O)[O-])c1O. The van der Waals surface area contributed by atoms with Gasteiger partial charge in [-0.1, -0.05) is 39.7 Å². The van der Waals surface area contributed by atoms with Crippen molar-refractivity contribution in [3.05, 3.63) is 67.1 Å². The zero-order valence-electron chi connectivity index (χ0n) is 12.1. The first-order valence-electron chi connectivity index (χ1n) is 6.60. The van der Waals surface area contributed by atoms with E-state index in [1.807, 2.05) is 12.1 Å². The number of benzene rings is 2. The molecule has 0 aliphatic carbocycles. The molecule has 124 valence electrons. The lowest BCUT2D eigenvalue weighted by atomic mass is 10.1. The molecule has 0 aliphatic rings. The Morgan fingerprint density at radius 2 is 2.04 bits per heavy atom. The smallest absolute Gasteiger partial charge is 0.312 e. The van der Waals surface area contributed by atoms with Crippen molar-refractivity contribution in [1.82, 2.24) is 5.43 Å². The van der Waals surface area contributed by atoms with Gasteiger partial charge in [-0.05, 0) is 23.8 Å². The Hall–Kier alpha value is -2.45. The second-order valence-electron chi connectivity index (χ2n) is 4.72. The fourth-order valence-corrected chi connectivity index (χ4v) is 2.33. The molecule has 1 amide bonds. The van der Waals surface area contributed by atoms with Gasteiger partial charge in [-0.15, -0.1) is 0 Å². The Morgan fingerprint density at radius 3 is 2.67 bits per heavy atom. The third-order valence-corrected chi connectivity index (χ3v) is 3.70. The van der Waals surface area contributed by atoms with Crippen LogP contribution in [0.5, 0.6) is 5.75 Å². The number of carbonyl (C=O) groups is 1. The number of nitro benzene ring substituents is 1. The molecular formula is C15H11BrClN3O4. The average molecular weight is 413 g/mol. The van der Waals surface area contributed by atoms with Crippen LogP contribution in [0.15, 0.2) is 46.0 Å². The summed E-state index contributed by atoms with van der Waals surface area (Å²) in [6, 6.07) is 9.54. The molecule has 0 fully saturated rings. The van der Waals surface area contributed by atoms with Gasteiger partial charge in [-0.2, -0.15) is 5.10 Å². The van der Waals surface area contributed by atoms with Crippen molar-refractivity contribution >= 4 is 45.3 Å². The minimum Gasteiger partial charge on any atom is -0.502 e. The molecule has 9 heteroatoms. The average Bonchev–Trinajstić information content (AvgIpc) is 2.52. The van der Waals surface area contributed by atoms with Gasteiger partial charge in [0.1, 0.15) is 0 Å². The first kappa shape index (κ1) is 17.9. The highest BCUT2D eigenvalue weighted by molar-refractivity contribution is 9.10. The molecular weight excluding hydrogens is 402 g/mol. The molecule has 2 rings (SSSR count). The molecule has 0 unspecified atom stereocenters. The van der Waals surface area contributed by atoms with E-state index < -0.39 is 16.4 Å². The number of phenols is 1. The van der Waals surface area contributed by atoms with Gasteiger partial charge < -0.3 is 5.11 Å². The Bertz CT molecular complexity index is 809. The predicted molar refractivity (Wildman–Crippen MR) is 93.4 cm³/mol. The fraction of sp³-hybridized carbons (Fsp3) is 0.0667. The van der Waals surface area contributed by atoms with E-state index in [0.29, 0.717) is 0 Å². The van der Waals surface area contributed by atoms with Gasteiger partial charge in [-0.25, -0.2) is 5.43 Å². The van der Waals surface area contributed by atoms with Crippen LogP contribution in [0.4, 0.5) is 5.69 Å². The quantitative estimate of drug-likeness (QED) is 0.446. The Labute approximate surface area is 150 Å². The molecule has 2 aromatic rings. The minimum atomic E-state index is -0.759. The van der Waals surface area contributed by atoms with Crippen molar-refractivity contribution in [2.24, 2.45) is 5.10 Å². The number of nitro groups is 1. The van der Waals surface area contributed by atoms with Gasteiger partial charge in [0.25, 0.3) is 0 Å². The number of rotatable bonds is 5. The summed E-state index contributed by atoms with van der Waals surface area (Å²) < 4.78 is 0.905. The Kier molecular flexibility index (Phi) is 5.88. The molecule has 0 aromatic heterocycles. The van der Waals surface area contributed by atoms with Crippen molar-refractivity contribution in [2.45, 2.75) is 6.42 Å². The fourth-order valence-electron chi connectivity index (χ4n) is 1.84. The summed E-state index contributed by atoms with van der Waals surface area (Å²) in [5, 5.41) is 24.4. The molecule has 7 nitrogen and oxygen atoms in total. The highest BCUT2D eigenvalue weighted by Gasteiger charge is 2.17. The molecule has 2 aromatic carbocycles. The van der Waals surface area contributed by atoms with E-state index in [1.54, 1.807) is 12.1 Å². The van der Waals surface area contributed by atoms with Crippen LogP contribution in [-0.2, 0) is 11.2 Å². The molecule has 0 saturated heterocycles. The summed E-state index contributed by atoms with van der Waals surface area (Å²) in [6.45, 7) is 0. The van der Waals surface area contributed by atoms with Crippen molar-refractivity contribution in [2.75, 3.05) is 0 Å². The standard InChI is InChI=1S/C15H11BrClN3O4/c16-11-3-1-9(2-4-11)5-14(21)19-18-8-10-6-12(17)7-13(15(10)22)20(23)24/h1-4,6-8,22H,5H2,(H,19,21). The van der Waals surface area contributed by atoms with Crippen LogP contribution in [0.25, 0.3) is 0 Å². The normalized spacial score (nSPS) is 10.8. The lowest BCUT2D eigenvalue weighted by Gasteiger charge is -2.02. The molecule has 0 aliphatic heterocycles. The Morgan fingerprint density at radius 1 is 1.38 bits per heavy atom. The van der Waals surface area contributed by atoms with Crippen molar-refractivity contribution in [3.8, 4) is 5.75 Å². The number of amides is 1. The van der Waals surface area contributed by atoms with E-state index >= 15 is 0 Å². The van der Waals surface area contributed by atoms with Crippen LogP contribution < -0.4 is 5.43 Å². The second-order valence-corrected chi connectivity index (χ2v) is 6.07. The monoisotopic (exact) mass is 411 g/mol. The zero-order chi connectivity index (χ0) is 17.7. The van der Waals surface area contributed by atoms with Gasteiger partial charge in [0.2, 0.25) is 11.7 Å². The lowest BCUT2D eigenvalue weighted by Crippen LogP contribution is -2.19. The Balaban J connectivity index is 2.05. The number of carbonyl (C=O) groups excluding carboxylic acids is 1. The van der Waals surface area contributed by atoms with E-state index in [2.05, 4.69) is 26.5 Å².